The van der Waals surface area contributed by atoms with E-state index in [2.05, 4.69) is 34.7 Å². The first-order chi connectivity index (χ1) is 9.74. The highest BCUT2D eigenvalue weighted by Gasteiger charge is 2.37. The quantitative estimate of drug-likeness (QED) is 0.542. The van der Waals surface area contributed by atoms with E-state index in [1.807, 2.05) is 0 Å². The average molecular weight is 344 g/mol. The van der Waals surface area contributed by atoms with Crippen LogP contribution in [0.5, 0.6) is 0 Å². The van der Waals surface area contributed by atoms with Crippen LogP contribution in [0.4, 0.5) is 0 Å². The fraction of sp³-hybridized carbons (Fsp3) is 1.00. The van der Waals surface area contributed by atoms with Gasteiger partial charge in [0.2, 0.25) is 0 Å². The Kier molecular flexibility index (Phi) is 6.87. The number of piperidine rings is 1. The number of halogens is 1. The molecule has 0 aromatic rings. The predicted octanol–water partition coefficient (Wildman–Crippen LogP) is 5.62. The molecule has 0 spiro atoms. The van der Waals surface area contributed by atoms with Crippen molar-refractivity contribution >= 4 is 15.9 Å². The van der Waals surface area contributed by atoms with E-state index in [1.165, 1.54) is 82.6 Å². The van der Waals surface area contributed by atoms with E-state index in [0.717, 1.165) is 12.0 Å². The molecule has 1 saturated carbocycles. The fourth-order valence-corrected chi connectivity index (χ4v) is 5.61. The molecule has 2 unspecified atom stereocenters. The van der Waals surface area contributed by atoms with Crippen molar-refractivity contribution in [3.63, 3.8) is 0 Å². The standard InChI is InChI=1S/C18H34BrN/c1-3-11-18(14-19,12-4-2)15-20-13-7-9-16-8-5-6-10-17(16)20/h16-17H,3-15H2,1-2H3. The predicted molar refractivity (Wildman–Crippen MR) is 92.6 cm³/mol. The van der Waals surface area contributed by atoms with Crippen LogP contribution in [0, 0.1) is 11.3 Å². The van der Waals surface area contributed by atoms with Crippen molar-refractivity contribution in [2.75, 3.05) is 18.4 Å². The number of alkyl halides is 1. The number of nitrogens with zero attached hydrogens (tertiary/aromatic N) is 1. The summed E-state index contributed by atoms with van der Waals surface area (Å²) >= 11 is 3.86. The lowest BCUT2D eigenvalue weighted by molar-refractivity contribution is 0.0241. The molecular weight excluding hydrogens is 310 g/mol. The summed E-state index contributed by atoms with van der Waals surface area (Å²) in [5.41, 5.74) is 0.531. The van der Waals surface area contributed by atoms with Gasteiger partial charge in [0.25, 0.3) is 0 Å². The highest BCUT2D eigenvalue weighted by atomic mass is 79.9. The molecule has 0 amide bonds. The van der Waals surface area contributed by atoms with Gasteiger partial charge in [0.1, 0.15) is 0 Å². The molecule has 2 fully saturated rings. The number of hydrogen-bond donors (Lipinski definition) is 0. The van der Waals surface area contributed by atoms with E-state index in [9.17, 15) is 0 Å². The molecule has 0 N–H and O–H groups in total. The minimum Gasteiger partial charge on any atom is -0.300 e. The Hall–Kier alpha value is 0.440. The summed E-state index contributed by atoms with van der Waals surface area (Å²) < 4.78 is 0. The molecule has 0 radical (unpaired) electrons. The van der Waals surface area contributed by atoms with Crippen molar-refractivity contribution in [2.24, 2.45) is 11.3 Å². The lowest BCUT2D eigenvalue weighted by atomic mass is 9.75. The maximum atomic E-state index is 3.86. The Bertz CT molecular complexity index is 271. The minimum atomic E-state index is 0.531. The summed E-state index contributed by atoms with van der Waals surface area (Å²) in [7, 11) is 0. The molecule has 2 rings (SSSR count). The van der Waals surface area contributed by atoms with Crippen LogP contribution in [0.2, 0.25) is 0 Å². The first kappa shape index (κ1) is 16.8. The highest BCUT2D eigenvalue weighted by molar-refractivity contribution is 9.09. The van der Waals surface area contributed by atoms with Gasteiger partial charge < -0.3 is 0 Å². The Morgan fingerprint density at radius 1 is 1.00 bits per heavy atom. The van der Waals surface area contributed by atoms with Crippen molar-refractivity contribution < 1.29 is 0 Å². The van der Waals surface area contributed by atoms with Crippen LogP contribution in [0.1, 0.15) is 78.1 Å². The van der Waals surface area contributed by atoms with E-state index >= 15 is 0 Å². The molecular formula is C18H34BrN. The highest BCUT2D eigenvalue weighted by Crippen LogP contribution is 2.39. The second kappa shape index (κ2) is 8.17. The first-order valence-electron chi connectivity index (χ1n) is 9.04. The maximum Gasteiger partial charge on any atom is 0.0124 e. The largest absolute Gasteiger partial charge is 0.300 e. The van der Waals surface area contributed by atoms with Crippen LogP contribution in [0.25, 0.3) is 0 Å². The van der Waals surface area contributed by atoms with Crippen LogP contribution < -0.4 is 0 Å². The van der Waals surface area contributed by atoms with Gasteiger partial charge in [0, 0.05) is 17.9 Å². The molecule has 20 heavy (non-hydrogen) atoms. The van der Waals surface area contributed by atoms with Gasteiger partial charge in [-0.25, -0.2) is 0 Å². The molecule has 2 aliphatic rings. The molecule has 1 heterocycles. The number of likely N-dealkylation sites (tertiary alicyclic amines) is 1. The fourth-order valence-electron chi connectivity index (χ4n) is 4.87. The van der Waals surface area contributed by atoms with Gasteiger partial charge >= 0.3 is 0 Å². The molecule has 0 aromatic heterocycles. The molecule has 1 aliphatic heterocycles. The molecule has 1 aliphatic carbocycles. The lowest BCUT2D eigenvalue weighted by Crippen LogP contribution is -2.51. The third kappa shape index (κ3) is 4.00. The van der Waals surface area contributed by atoms with Crippen LogP contribution in [-0.2, 0) is 0 Å². The summed E-state index contributed by atoms with van der Waals surface area (Å²) in [5, 5.41) is 1.19. The zero-order valence-corrected chi connectivity index (χ0v) is 15.3. The van der Waals surface area contributed by atoms with Crippen molar-refractivity contribution in [3.8, 4) is 0 Å². The van der Waals surface area contributed by atoms with Gasteiger partial charge in [-0.3, -0.25) is 4.90 Å². The average Bonchev–Trinajstić information content (AvgIpc) is 2.48. The van der Waals surface area contributed by atoms with Gasteiger partial charge in [-0.1, -0.05) is 55.5 Å². The van der Waals surface area contributed by atoms with E-state index in [1.54, 1.807) is 0 Å². The lowest BCUT2D eigenvalue weighted by Gasteiger charge is -2.48. The van der Waals surface area contributed by atoms with E-state index < -0.39 is 0 Å². The summed E-state index contributed by atoms with van der Waals surface area (Å²) in [6.07, 6.45) is 14.3. The summed E-state index contributed by atoms with van der Waals surface area (Å²) in [5.74, 6) is 1.02. The van der Waals surface area contributed by atoms with Crippen molar-refractivity contribution in [3.05, 3.63) is 0 Å². The third-order valence-electron chi connectivity index (χ3n) is 5.74. The molecule has 0 bridgehead atoms. The van der Waals surface area contributed by atoms with Crippen LogP contribution in [-0.4, -0.2) is 29.4 Å². The second-order valence-electron chi connectivity index (χ2n) is 7.36. The Morgan fingerprint density at radius 3 is 2.30 bits per heavy atom. The summed E-state index contributed by atoms with van der Waals surface area (Å²) in [4.78, 5) is 2.90. The Morgan fingerprint density at radius 2 is 1.65 bits per heavy atom. The smallest absolute Gasteiger partial charge is 0.0124 e. The third-order valence-corrected chi connectivity index (χ3v) is 6.93. The van der Waals surface area contributed by atoms with Gasteiger partial charge in [-0.2, -0.15) is 0 Å². The van der Waals surface area contributed by atoms with Crippen LogP contribution in [0.3, 0.4) is 0 Å². The van der Waals surface area contributed by atoms with Crippen molar-refractivity contribution in [2.45, 2.75) is 84.1 Å². The molecule has 2 heteroatoms. The molecule has 1 nitrogen and oxygen atoms in total. The monoisotopic (exact) mass is 343 g/mol. The van der Waals surface area contributed by atoms with Gasteiger partial charge in [0.15, 0.2) is 0 Å². The van der Waals surface area contributed by atoms with Gasteiger partial charge in [-0.15, -0.1) is 0 Å². The Labute approximate surface area is 135 Å². The summed E-state index contributed by atoms with van der Waals surface area (Å²) in [6.45, 7) is 7.42. The van der Waals surface area contributed by atoms with Gasteiger partial charge in [-0.05, 0) is 56.4 Å². The Balaban J connectivity index is 2.03. The SMILES string of the molecule is CCCC(CBr)(CCC)CN1CCCC2CCCCC21. The number of fused-ring (bicyclic) bond motifs is 1. The number of rotatable bonds is 7. The molecule has 2 atom stereocenters. The van der Waals surface area contributed by atoms with Crippen LogP contribution in [0.15, 0.2) is 0 Å². The van der Waals surface area contributed by atoms with Crippen LogP contribution >= 0.6 is 15.9 Å². The topological polar surface area (TPSA) is 3.24 Å². The van der Waals surface area contributed by atoms with E-state index in [4.69, 9.17) is 0 Å². The number of hydrogen-bond acceptors (Lipinski definition) is 1. The van der Waals surface area contributed by atoms with Gasteiger partial charge in [0.05, 0.1) is 0 Å². The maximum absolute atomic E-state index is 3.86. The first-order valence-corrected chi connectivity index (χ1v) is 10.2. The molecule has 1 saturated heterocycles. The van der Waals surface area contributed by atoms with Crippen molar-refractivity contribution in [1.29, 1.82) is 0 Å². The second-order valence-corrected chi connectivity index (χ2v) is 7.92. The molecule has 118 valence electrons. The normalized spacial score (nSPS) is 28.4. The van der Waals surface area contributed by atoms with E-state index in [-0.39, 0.29) is 0 Å². The minimum absolute atomic E-state index is 0.531. The van der Waals surface area contributed by atoms with E-state index in [0.29, 0.717) is 5.41 Å². The zero-order valence-electron chi connectivity index (χ0n) is 13.7. The molecule has 0 aromatic carbocycles. The van der Waals surface area contributed by atoms with Crippen molar-refractivity contribution in [1.82, 2.24) is 4.90 Å². The zero-order chi connectivity index (χ0) is 14.4. The summed E-state index contributed by atoms with van der Waals surface area (Å²) in [6, 6.07) is 0.921.